The van der Waals surface area contributed by atoms with Gasteiger partial charge in [0.05, 0.1) is 5.69 Å². The van der Waals surface area contributed by atoms with Gasteiger partial charge in [0.1, 0.15) is 0 Å². The Morgan fingerprint density at radius 3 is 2.72 bits per heavy atom. The highest BCUT2D eigenvalue weighted by Crippen LogP contribution is 2.28. The Balaban J connectivity index is 1.95. The van der Waals surface area contributed by atoms with Gasteiger partial charge >= 0.3 is 0 Å². The summed E-state index contributed by atoms with van der Waals surface area (Å²) in [6.45, 7) is 7.42. The number of aromatic nitrogens is 2. The zero-order valence-corrected chi connectivity index (χ0v) is 17.4. The van der Waals surface area contributed by atoms with E-state index in [4.69, 9.17) is 0 Å². The van der Waals surface area contributed by atoms with Gasteiger partial charge in [0.15, 0.2) is 5.96 Å². The molecule has 25 heavy (non-hydrogen) atoms. The number of rotatable bonds is 7. The molecule has 5 nitrogen and oxygen atoms in total. The maximum Gasteiger partial charge on any atom is 0.191 e. The number of aliphatic imine (C=N–C) groups is 1. The first-order valence-electron chi connectivity index (χ1n) is 9.75. The summed E-state index contributed by atoms with van der Waals surface area (Å²) in [5.74, 6) is 2.13. The first kappa shape index (κ1) is 20.1. The van der Waals surface area contributed by atoms with E-state index >= 15 is 0 Å². The summed E-state index contributed by atoms with van der Waals surface area (Å²) in [4.78, 5) is 4.45. The van der Waals surface area contributed by atoms with Crippen LogP contribution in [0, 0.1) is 0 Å². The van der Waals surface area contributed by atoms with Crippen LogP contribution in [0.3, 0.4) is 0 Å². The molecule has 2 atom stereocenters. The lowest BCUT2D eigenvalue weighted by atomic mass is 9.95. The summed E-state index contributed by atoms with van der Waals surface area (Å²) in [5.41, 5.74) is 3.84. The lowest BCUT2D eigenvalue weighted by Gasteiger charge is -2.30. The summed E-state index contributed by atoms with van der Waals surface area (Å²) < 4.78 is 2.03. The molecule has 1 aliphatic rings. The van der Waals surface area contributed by atoms with Crippen LogP contribution >= 0.6 is 11.8 Å². The van der Waals surface area contributed by atoms with Gasteiger partial charge < -0.3 is 10.6 Å². The highest BCUT2D eigenvalue weighted by Gasteiger charge is 2.22. The van der Waals surface area contributed by atoms with Gasteiger partial charge in [0.2, 0.25) is 0 Å². The van der Waals surface area contributed by atoms with Crippen molar-refractivity contribution >= 4 is 17.7 Å². The normalized spacial score (nSPS) is 21.4. The second kappa shape index (κ2) is 10.1. The van der Waals surface area contributed by atoms with E-state index in [-0.39, 0.29) is 0 Å². The van der Waals surface area contributed by atoms with E-state index in [1.807, 2.05) is 18.8 Å². The molecule has 0 aliphatic heterocycles. The molecule has 1 fully saturated rings. The Labute approximate surface area is 157 Å². The van der Waals surface area contributed by atoms with Crippen LogP contribution in [0.5, 0.6) is 0 Å². The molecule has 0 bridgehead atoms. The quantitative estimate of drug-likeness (QED) is 0.575. The van der Waals surface area contributed by atoms with Crippen molar-refractivity contribution in [1.29, 1.82) is 0 Å². The third-order valence-electron chi connectivity index (χ3n) is 5.05. The van der Waals surface area contributed by atoms with Crippen LogP contribution in [0.1, 0.15) is 63.4 Å². The maximum absolute atomic E-state index is 4.66. The van der Waals surface area contributed by atoms with Gasteiger partial charge in [-0.2, -0.15) is 16.9 Å². The molecule has 0 spiro atoms. The summed E-state index contributed by atoms with van der Waals surface area (Å²) in [6, 6.07) is 0.536. The molecule has 0 aromatic carbocycles. The van der Waals surface area contributed by atoms with Crippen LogP contribution < -0.4 is 10.6 Å². The molecule has 1 aliphatic carbocycles. The van der Waals surface area contributed by atoms with Crippen LogP contribution in [0.15, 0.2) is 4.99 Å². The summed E-state index contributed by atoms with van der Waals surface area (Å²) in [5, 5.41) is 12.6. The van der Waals surface area contributed by atoms with Gasteiger partial charge in [-0.1, -0.05) is 27.2 Å². The number of thioether (sulfide) groups is 1. The van der Waals surface area contributed by atoms with Crippen LogP contribution in [-0.2, 0) is 26.4 Å². The Morgan fingerprint density at radius 1 is 1.28 bits per heavy atom. The van der Waals surface area contributed by atoms with E-state index in [2.05, 4.69) is 53.3 Å². The largest absolute Gasteiger partial charge is 0.354 e. The van der Waals surface area contributed by atoms with Crippen LogP contribution in [0.2, 0.25) is 0 Å². The van der Waals surface area contributed by atoms with Gasteiger partial charge in [-0.05, 0) is 37.9 Å². The van der Waals surface area contributed by atoms with Gasteiger partial charge in [-0.25, -0.2) is 0 Å². The van der Waals surface area contributed by atoms with Crippen molar-refractivity contribution in [3.8, 4) is 0 Å². The highest BCUT2D eigenvalue weighted by atomic mass is 32.2. The summed E-state index contributed by atoms with van der Waals surface area (Å²) in [7, 11) is 3.91. The van der Waals surface area contributed by atoms with Gasteiger partial charge in [-0.15, -0.1) is 0 Å². The zero-order valence-electron chi connectivity index (χ0n) is 16.6. The fourth-order valence-corrected chi connectivity index (χ4v) is 4.99. The number of aryl methyl sites for hydroxylation is 2. The molecule has 2 unspecified atom stereocenters. The highest BCUT2D eigenvalue weighted by molar-refractivity contribution is 7.99. The molecule has 1 aromatic heterocycles. The van der Waals surface area contributed by atoms with Gasteiger partial charge in [0, 0.05) is 43.2 Å². The average molecular weight is 366 g/mol. The standard InChI is InChI=1S/C19H35N5S/c1-6-17-16(18(7-2)24(5)23-17)13-21-19(20-4)22-14-10-9-11-15(12-14)25-8-3/h14-15H,6-13H2,1-5H3,(H2,20,21,22). The van der Waals surface area contributed by atoms with Crippen molar-refractivity contribution in [2.75, 3.05) is 12.8 Å². The molecule has 1 saturated carbocycles. The molecule has 2 rings (SSSR count). The van der Waals surface area contributed by atoms with Crippen molar-refractivity contribution in [2.24, 2.45) is 12.0 Å². The van der Waals surface area contributed by atoms with E-state index < -0.39 is 0 Å². The molecule has 6 heteroatoms. The number of hydrogen-bond donors (Lipinski definition) is 2. The summed E-state index contributed by atoms with van der Waals surface area (Å²) in [6.07, 6.45) is 7.13. The Morgan fingerprint density at radius 2 is 2.08 bits per heavy atom. The fraction of sp³-hybridized carbons (Fsp3) is 0.789. The number of guanidine groups is 1. The van der Waals surface area contributed by atoms with Crippen molar-refractivity contribution in [1.82, 2.24) is 20.4 Å². The predicted molar refractivity (Wildman–Crippen MR) is 109 cm³/mol. The molecule has 0 saturated heterocycles. The Hall–Kier alpha value is -1.17. The number of hydrogen-bond acceptors (Lipinski definition) is 3. The summed E-state index contributed by atoms with van der Waals surface area (Å²) >= 11 is 2.10. The predicted octanol–water partition coefficient (Wildman–Crippen LogP) is 3.27. The topological polar surface area (TPSA) is 54.2 Å². The maximum atomic E-state index is 4.66. The molecule has 1 aromatic rings. The second-order valence-corrected chi connectivity index (χ2v) is 8.29. The number of nitrogens with one attached hydrogen (secondary N) is 2. The van der Waals surface area contributed by atoms with Crippen molar-refractivity contribution in [3.05, 3.63) is 17.0 Å². The fourth-order valence-electron chi connectivity index (χ4n) is 3.82. The lowest BCUT2D eigenvalue weighted by Crippen LogP contribution is -2.45. The van der Waals surface area contributed by atoms with Crippen LogP contribution in [0.4, 0.5) is 0 Å². The number of nitrogens with zero attached hydrogens (tertiary/aromatic N) is 3. The van der Waals surface area contributed by atoms with E-state index in [1.165, 1.54) is 48.4 Å². The van der Waals surface area contributed by atoms with E-state index in [0.29, 0.717) is 6.04 Å². The molecule has 0 radical (unpaired) electrons. The minimum Gasteiger partial charge on any atom is -0.354 e. The first-order chi connectivity index (χ1) is 12.1. The van der Waals surface area contributed by atoms with Crippen molar-refractivity contribution in [2.45, 2.75) is 77.1 Å². The molecule has 0 amide bonds. The minimum absolute atomic E-state index is 0.536. The monoisotopic (exact) mass is 365 g/mol. The van der Waals surface area contributed by atoms with Crippen LogP contribution in [-0.4, -0.2) is 39.8 Å². The zero-order chi connectivity index (χ0) is 18.2. The van der Waals surface area contributed by atoms with Gasteiger partial charge in [-0.3, -0.25) is 9.67 Å². The van der Waals surface area contributed by atoms with E-state index in [9.17, 15) is 0 Å². The van der Waals surface area contributed by atoms with Crippen molar-refractivity contribution in [3.63, 3.8) is 0 Å². The van der Waals surface area contributed by atoms with E-state index in [0.717, 1.165) is 30.6 Å². The van der Waals surface area contributed by atoms with E-state index in [1.54, 1.807) is 0 Å². The molecule has 2 N–H and O–H groups in total. The lowest BCUT2D eigenvalue weighted by molar-refractivity contribution is 0.419. The average Bonchev–Trinajstić information content (AvgIpc) is 2.93. The first-order valence-corrected chi connectivity index (χ1v) is 10.8. The third-order valence-corrected chi connectivity index (χ3v) is 6.29. The second-order valence-electron chi connectivity index (χ2n) is 6.71. The third kappa shape index (κ3) is 5.40. The SMILES string of the molecule is CCSC1CCCC(NC(=NC)NCc2c(CC)nn(C)c2CC)C1. The van der Waals surface area contributed by atoms with Crippen molar-refractivity contribution < 1.29 is 0 Å². The molecular formula is C19H35N5S. The van der Waals surface area contributed by atoms with Crippen LogP contribution in [0.25, 0.3) is 0 Å². The molecular weight excluding hydrogens is 330 g/mol. The van der Waals surface area contributed by atoms with Gasteiger partial charge in [0.25, 0.3) is 0 Å². The minimum atomic E-state index is 0.536. The Kier molecular flexibility index (Phi) is 8.13. The smallest absolute Gasteiger partial charge is 0.191 e. The molecule has 1 heterocycles. The molecule has 142 valence electrons. The Bertz CT molecular complexity index is 564.